The van der Waals surface area contributed by atoms with E-state index in [2.05, 4.69) is 28.6 Å². The minimum atomic E-state index is 0. The molecule has 1 aromatic carbocycles. The molecule has 0 atom stereocenters. The number of carbonyl (C=O) groups excluding carboxylic acids is 1. The van der Waals surface area contributed by atoms with Crippen molar-refractivity contribution in [3.05, 3.63) is 72.6 Å². The smallest absolute Gasteiger partial charge is 0.253 e. The number of nitrogens with zero attached hydrogens (tertiary/aromatic N) is 3. The number of benzene rings is 1. The molecule has 0 spiro atoms. The van der Waals surface area contributed by atoms with Gasteiger partial charge in [0.15, 0.2) is 0 Å². The van der Waals surface area contributed by atoms with Crippen molar-refractivity contribution in [3.63, 3.8) is 0 Å². The van der Waals surface area contributed by atoms with Gasteiger partial charge in [0.1, 0.15) is 12.4 Å². The highest BCUT2D eigenvalue weighted by molar-refractivity contribution is 5.94. The minimum absolute atomic E-state index is 0. The monoisotopic (exact) mass is 387 g/mol. The highest BCUT2D eigenvalue weighted by atomic mass is 35.5. The summed E-state index contributed by atoms with van der Waals surface area (Å²) in [5, 5.41) is 0. The molecule has 0 unspecified atom stereocenters. The molecule has 5 nitrogen and oxygen atoms in total. The summed E-state index contributed by atoms with van der Waals surface area (Å²) in [6.45, 7) is 8.47. The van der Waals surface area contributed by atoms with E-state index in [-0.39, 0.29) is 18.3 Å². The van der Waals surface area contributed by atoms with Gasteiger partial charge in [0.2, 0.25) is 0 Å². The molecule has 3 rings (SSSR count). The molecule has 1 aliphatic heterocycles. The topological polar surface area (TPSA) is 45.7 Å². The Balaban J connectivity index is 0.00000261. The zero-order valence-electron chi connectivity index (χ0n) is 15.4. The molecule has 1 aliphatic rings. The van der Waals surface area contributed by atoms with Crippen LogP contribution >= 0.6 is 12.4 Å². The van der Waals surface area contributed by atoms with E-state index in [9.17, 15) is 4.79 Å². The summed E-state index contributed by atoms with van der Waals surface area (Å²) in [4.78, 5) is 21.0. The third kappa shape index (κ3) is 6.08. The van der Waals surface area contributed by atoms with E-state index < -0.39 is 0 Å². The normalized spacial score (nSPS) is 14.3. The standard InChI is InChI=1S/C21H25N3O2.ClH/c1-2-17-26-20-5-3-19(4-6-20)21(25)24-15-13-23(14-16-24)12-9-18-7-10-22-11-8-18;/h2-8,10-11H,1,9,12-17H2;1H. The van der Waals surface area contributed by atoms with Crippen LogP contribution in [0.5, 0.6) is 5.75 Å². The summed E-state index contributed by atoms with van der Waals surface area (Å²) >= 11 is 0. The molecule has 0 N–H and O–H groups in total. The Morgan fingerprint density at radius 1 is 1.07 bits per heavy atom. The van der Waals surface area contributed by atoms with E-state index >= 15 is 0 Å². The summed E-state index contributed by atoms with van der Waals surface area (Å²) in [5.41, 5.74) is 2.01. The summed E-state index contributed by atoms with van der Waals surface area (Å²) in [5.74, 6) is 0.844. The van der Waals surface area contributed by atoms with Crippen LogP contribution in [-0.2, 0) is 6.42 Å². The Bertz CT molecular complexity index is 714. The first kappa shape index (κ1) is 20.9. The zero-order chi connectivity index (χ0) is 18.2. The van der Waals surface area contributed by atoms with Gasteiger partial charge in [-0.1, -0.05) is 12.7 Å². The number of pyridine rings is 1. The van der Waals surface area contributed by atoms with E-state index in [0.29, 0.717) is 12.2 Å². The Labute approximate surface area is 167 Å². The van der Waals surface area contributed by atoms with Crippen molar-refractivity contribution in [3.8, 4) is 5.75 Å². The number of carbonyl (C=O) groups is 1. The van der Waals surface area contributed by atoms with Gasteiger partial charge in [0, 0.05) is 50.7 Å². The molecule has 1 aromatic heterocycles. The number of halogens is 1. The van der Waals surface area contributed by atoms with Gasteiger partial charge in [0.05, 0.1) is 0 Å². The minimum Gasteiger partial charge on any atom is -0.490 e. The zero-order valence-corrected chi connectivity index (χ0v) is 16.2. The van der Waals surface area contributed by atoms with Crippen LogP contribution in [0.15, 0.2) is 61.4 Å². The van der Waals surface area contributed by atoms with E-state index in [4.69, 9.17) is 4.74 Å². The molecule has 0 aliphatic carbocycles. The molecule has 0 bridgehead atoms. The highest BCUT2D eigenvalue weighted by Gasteiger charge is 2.21. The number of ether oxygens (including phenoxy) is 1. The molecule has 0 saturated carbocycles. The maximum Gasteiger partial charge on any atom is 0.253 e. The number of piperazine rings is 1. The molecular weight excluding hydrogens is 362 g/mol. The Kier molecular flexibility index (Phi) is 8.30. The largest absolute Gasteiger partial charge is 0.490 e. The van der Waals surface area contributed by atoms with Crippen molar-refractivity contribution in [2.75, 3.05) is 39.3 Å². The second kappa shape index (κ2) is 10.7. The van der Waals surface area contributed by atoms with E-state index in [1.807, 2.05) is 41.6 Å². The molecule has 0 radical (unpaired) electrons. The fourth-order valence-corrected chi connectivity index (χ4v) is 3.04. The fraction of sp³-hybridized carbons (Fsp3) is 0.333. The van der Waals surface area contributed by atoms with Gasteiger partial charge in [-0.15, -0.1) is 12.4 Å². The predicted octanol–water partition coefficient (Wildman–Crippen LogP) is 3.07. The van der Waals surface area contributed by atoms with Crippen molar-refractivity contribution < 1.29 is 9.53 Å². The number of aromatic nitrogens is 1. The predicted molar refractivity (Wildman–Crippen MR) is 110 cm³/mol. The maximum absolute atomic E-state index is 12.7. The molecule has 1 amide bonds. The maximum atomic E-state index is 12.7. The van der Waals surface area contributed by atoms with E-state index in [1.165, 1.54) is 5.56 Å². The third-order valence-corrected chi connectivity index (χ3v) is 4.59. The summed E-state index contributed by atoms with van der Waals surface area (Å²) < 4.78 is 5.46. The van der Waals surface area contributed by atoms with Crippen molar-refractivity contribution in [1.82, 2.24) is 14.8 Å². The van der Waals surface area contributed by atoms with Crippen LogP contribution < -0.4 is 4.74 Å². The van der Waals surface area contributed by atoms with Gasteiger partial charge >= 0.3 is 0 Å². The lowest BCUT2D eigenvalue weighted by Gasteiger charge is -2.34. The van der Waals surface area contributed by atoms with Gasteiger partial charge in [-0.3, -0.25) is 14.7 Å². The highest BCUT2D eigenvalue weighted by Crippen LogP contribution is 2.15. The summed E-state index contributed by atoms with van der Waals surface area (Å²) in [7, 11) is 0. The molecular formula is C21H26ClN3O2. The summed E-state index contributed by atoms with van der Waals surface area (Å²) in [6.07, 6.45) is 6.38. The van der Waals surface area contributed by atoms with Crippen LogP contribution in [0, 0.1) is 0 Å². The van der Waals surface area contributed by atoms with Crippen LogP contribution in [0.4, 0.5) is 0 Å². The van der Waals surface area contributed by atoms with Crippen LogP contribution in [0.3, 0.4) is 0 Å². The first-order chi connectivity index (χ1) is 12.8. The molecule has 2 aromatic rings. The van der Waals surface area contributed by atoms with Crippen molar-refractivity contribution in [2.24, 2.45) is 0 Å². The average Bonchev–Trinajstić information content (AvgIpc) is 2.72. The molecule has 1 fully saturated rings. The Morgan fingerprint density at radius 3 is 2.37 bits per heavy atom. The lowest BCUT2D eigenvalue weighted by molar-refractivity contribution is 0.0638. The lowest BCUT2D eigenvalue weighted by atomic mass is 10.1. The summed E-state index contributed by atoms with van der Waals surface area (Å²) in [6, 6.07) is 11.4. The molecule has 6 heteroatoms. The average molecular weight is 388 g/mol. The number of hydrogen-bond acceptors (Lipinski definition) is 4. The van der Waals surface area contributed by atoms with Crippen molar-refractivity contribution in [2.45, 2.75) is 6.42 Å². The molecule has 2 heterocycles. The van der Waals surface area contributed by atoms with Gasteiger partial charge in [-0.05, 0) is 48.4 Å². The van der Waals surface area contributed by atoms with Crippen molar-refractivity contribution in [1.29, 1.82) is 0 Å². The third-order valence-electron chi connectivity index (χ3n) is 4.59. The van der Waals surface area contributed by atoms with Gasteiger partial charge in [-0.25, -0.2) is 0 Å². The quantitative estimate of drug-likeness (QED) is 0.685. The molecule has 27 heavy (non-hydrogen) atoms. The van der Waals surface area contributed by atoms with E-state index in [0.717, 1.165) is 44.9 Å². The lowest BCUT2D eigenvalue weighted by Crippen LogP contribution is -2.49. The van der Waals surface area contributed by atoms with Gasteiger partial charge < -0.3 is 9.64 Å². The number of rotatable bonds is 7. The molecule has 1 saturated heterocycles. The fourth-order valence-electron chi connectivity index (χ4n) is 3.04. The SMILES string of the molecule is C=CCOc1ccc(C(=O)N2CCN(CCc3ccncc3)CC2)cc1.Cl. The van der Waals surface area contributed by atoms with Crippen LogP contribution in [-0.4, -0.2) is 60.0 Å². The first-order valence-electron chi connectivity index (χ1n) is 9.00. The van der Waals surface area contributed by atoms with Crippen molar-refractivity contribution >= 4 is 18.3 Å². The Morgan fingerprint density at radius 2 is 1.74 bits per heavy atom. The molecule has 144 valence electrons. The van der Waals surface area contributed by atoms with Crippen LogP contribution in [0.1, 0.15) is 15.9 Å². The second-order valence-electron chi connectivity index (χ2n) is 6.36. The second-order valence-corrected chi connectivity index (χ2v) is 6.36. The van der Waals surface area contributed by atoms with Crippen LogP contribution in [0.2, 0.25) is 0 Å². The number of hydrogen-bond donors (Lipinski definition) is 0. The van der Waals surface area contributed by atoms with Crippen LogP contribution in [0.25, 0.3) is 0 Å². The van der Waals surface area contributed by atoms with Gasteiger partial charge in [0.25, 0.3) is 5.91 Å². The van der Waals surface area contributed by atoms with Gasteiger partial charge in [-0.2, -0.15) is 0 Å². The van der Waals surface area contributed by atoms with E-state index in [1.54, 1.807) is 6.08 Å². The Hall–Kier alpha value is -2.37. The number of amides is 1. The first-order valence-corrected chi connectivity index (χ1v) is 9.00.